The molecule has 0 aromatic carbocycles. The molecule has 0 aliphatic carbocycles. The lowest BCUT2D eigenvalue weighted by atomic mass is 10.1. The van der Waals surface area contributed by atoms with Gasteiger partial charge in [-0.3, -0.25) is 4.90 Å². The largest absolute Gasteiger partial charge is 0.403 e. The van der Waals surface area contributed by atoms with Crippen LogP contribution >= 0.6 is 0 Å². The summed E-state index contributed by atoms with van der Waals surface area (Å²) >= 11 is 0. The van der Waals surface area contributed by atoms with Gasteiger partial charge in [-0.25, -0.2) is 0 Å². The van der Waals surface area contributed by atoms with Crippen molar-refractivity contribution in [3.8, 4) is 0 Å². The Bertz CT molecular complexity index is 213. The van der Waals surface area contributed by atoms with Crippen LogP contribution in [0.3, 0.4) is 0 Å². The van der Waals surface area contributed by atoms with Gasteiger partial charge in [0.05, 0.1) is 6.73 Å². The lowest BCUT2D eigenvalue weighted by molar-refractivity contribution is 0.0926. The maximum absolute atomic E-state index is 6.62. The van der Waals surface area contributed by atoms with Crippen LogP contribution < -0.4 is 0 Å². The Labute approximate surface area is 115 Å². The first-order valence-corrected chi connectivity index (χ1v) is 9.91. The van der Waals surface area contributed by atoms with Gasteiger partial charge in [0.2, 0.25) is 8.32 Å². The van der Waals surface area contributed by atoms with Crippen LogP contribution in [0.5, 0.6) is 0 Å². The maximum Gasteiger partial charge on any atom is 0.202 e. The summed E-state index contributed by atoms with van der Waals surface area (Å²) in [6.45, 7) is 17.5. The molecule has 0 aromatic rings. The predicted molar refractivity (Wildman–Crippen MR) is 82.4 cm³/mol. The molecule has 3 heteroatoms. The first kappa shape index (κ1) is 16.2. The third-order valence-electron chi connectivity index (χ3n) is 4.65. The summed E-state index contributed by atoms with van der Waals surface area (Å²) in [6, 6.07) is 0. The van der Waals surface area contributed by atoms with E-state index < -0.39 is 8.32 Å². The molecule has 0 bridgehead atoms. The molecule has 1 heterocycles. The maximum atomic E-state index is 6.62. The van der Waals surface area contributed by atoms with Gasteiger partial charge < -0.3 is 4.43 Å². The van der Waals surface area contributed by atoms with Gasteiger partial charge in [-0.2, -0.15) is 0 Å². The Morgan fingerprint density at radius 2 is 1.28 bits per heavy atom. The topological polar surface area (TPSA) is 12.5 Å². The van der Waals surface area contributed by atoms with E-state index in [1.54, 1.807) is 0 Å². The van der Waals surface area contributed by atoms with Crippen molar-refractivity contribution in [2.45, 2.75) is 77.4 Å². The molecule has 2 nitrogen and oxygen atoms in total. The fourth-order valence-corrected chi connectivity index (χ4v) is 9.20. The number of hydrogen-bond acceptors (Lipinski definition) is 2. The molecule has 1 rings (SSSR count). The van der Waals surface area contributed by atoms with Crippen LogP contribution in [-0.2, 0) is 4.43 Å². The Kier molecular flexibility index (Phi) is 6.35. The van der Waals surface area contributed by atoms with Gasteiger partial charge >= 0.3 is 0 Å². The molecule has 1 aliphatic rings. The second-order valence-corrected chi connectivity index (χ2v) is 12.2. The summed E-state index contributed by atoms with van der Waals surface area (Å²) in [5, 5.41) is 0. The van der Waals surface area contributed by atoms with Crippen LogP contribution in [-0.4, -0.2) is 33.0 Å². The van der Waals surface area contributed by atoms with Crippen LogP contribution in [0.2, 0.25) is 16.6 Å². The first-order chi connectivity index (χ1) is 8.41. The highest BCUT2D eigenvalue weighted by atomic mass is 28.4. The third-order valence-corrected chi connectivity index (χ3v) is 10.7. The van der Waals surface area contributed by atoms with Crippen LogP contribution in [0.4, 0.5) is 0 Å². The van der Waals surface area contributed by atoms with Crippen LogP contribution in [0, 0.1) is 0 Å². The first-order valence-electron chi connectivity index (χ1n) is 7.77. The second kappa shape index (κ2) is 7.06. The van der Waals surface area contributed by atoms with Crippen molar-refractivity contribution in [1.82, 2.24) is 4.90 Å². The van der Waals surface area contributed by atoms with Gasteiger partial charge in [-0.1, -0.05) is 48.0 Å². The van der Waals surface area contributed by atoms with Gasteiger partial charge in [0.15, 0.2) is 0 Å². The highest BCUT2D eigenvalue weighted by Crippen LogP contribution is 2.42. The van der Waals surface area contributed by atoms with E-state index >= 15 is 0 Å². The van der Waals surface area contributed by atoms with Crippen LogP contribution in [0.25, 0.3) is 0 Å². The molecule has 18 heavy (non-hydrogen) atoms. The molecule has 1 aliphatic heterocycles. The number of hydrogen-bond donors (Lipinski definition) is 0. The molecule has 0 spiro atoms. The lowest BCUT2D eigenvalue weighted by Gasteiger charge is -2.43. The zero-order chi connectivity index (χ0) is 13.8. The highest BCUT2D eigenvalue weighted by Gasteiger charge is 2.45. The molecule has 0 unspecified atom stereocenters. The molecule has 0 atom stereocenters. The average molecular weight is 272 g/mol. The van der Waals surface area contributed by atoms with Crippen LogP contribution in [0.1, 0.15) is 60.8 Å². The molecule has 0 saturated carbocycles. The van der Waals surface area contributed by atoms with Crippen molar-refractivity contribution in [3.05, 3.63) is 0 Å². The fraction of sp³-hybridized carbons (Fsp3) is 1.00. The number of rotatable bonds is 6. The van der Waals surface area contributed by atoms with E-state index in [0.717, 1.165) is 6.73 Å². The van der Waals surface area contributed by atoms with E-state index in [2.05, 4.69) is 46.4 Å². The predicted octanol–water partition coefficient (Wildman–Crippen LogP) is 4.62. The summed E-state index contributed by atoms with van der Waals surface area (Å²) in [7, 11) is -1.65. The molecule has 0 N–H and O–H groups in total. The zero-order valence-electron chi connectivity index (χ0n) is 13.3. The van der Waals surface area contributed by atoms with E-state index in [1.807, 2.05) is 0 Å². The minimum Gasteiger partial charge on any atom is -0.403 e. The van der Waals surface area contributed by atoms with Crippen molar-refractivity contribution < 1.29 is 4.43 Å². The zero-order valence-corrected chi connectivity index (χ0v) is 14.3. The molecular formula is C15H33NOSi. The minimum absolute atomic E-state index is 0.697. The van der Waals surface area contributed by atoms with Gasteiger partial charge in [0, 0.05) is 13.1 Å². The van der Waals surface area contributed by atoms with Crippen molar-refractivity contribution in [3.63, 3.8) is 0 Å². The highest BCUT2D eigenvalue weighted by molar-refractivity contribution is 6.77. The Balaban J connectivity index is 2.65. The van der Waals surface area contributed by atoms with E-state index in [-0.39, 0.29) is 0 Å². The van der Waals surface area contributed by atoms with Gasteiger partial charge in [0.25, 0.3) is 0 Å². The number of nitrogens with zero attached hydrogens (tertiary/aromatic N) is 1. The summed E-state index contributed by atoms with van der Waals surface area (Å²) in [5.74, 6) is 0. The fourth-order valence-electron chi connectivity index (χ4n) is 3.79. The SMILES string of the molecule is CC(C)[Si](OCN1CCCCC1)(C(C)C)C(C)C. The van der Waals surface area contributed by atoms with Crippen LogP contribution in [0.15, 0.2) is 0 Å². The standard InChI is InChI=1S/C15H33NOSi/c1-13(2)18(14(3)4,15(5)6)17-12-16-10-8-7-9-11-16/h13-15H,7-12H2,1-6H3. The molecule has 108 valence electrons. The van der Waals surface area contributed by atoms with E-state index in [1.165, 1.54) is 32.4 Å². The normalized spacial score (nSPS) is 19.2. The number of likely N-dealkylation sites (tertiary alicyclic amines) is 1. The van der Waals surface area contributed by atoms with Crippen molar-refractivity contribution in [1.29, 1.82) is 0 Å². The Hall–Kier alpha value is 0.137. The van der Waals surface area contributed by atoms with Gasteiger partial charge in [-0.15, -0.1) is 0 Å². The summed E-state index contributed by atoms with van der Waals surface area (Å²) in [5.41, 5.74) is 2.09. The monoisotopic (exact) mass is 271 g/mol. The summed E-state index contributed by atoms with van der Waals surface area (Å²) in [4.78, 5) is 2.51. The van der Waals surface area contributed by atoms with Gasteiger partial charge in [-0.05, 0) is 29.5 Å². The smallest absolute Gasteiger partial charge is 0.202 e. The van der Waals surface area contributed by atoms with Crippen molar-refractivity contribution in [2.24, 2.45) is 0 Å². The molecule has 0 radical (unpaired) electrons. The lowest BCUT2D eigenvalue weighted by Crippen LogP contribution is -2.50. The van der Waals surface area contributed by atoms with E-state index in [0.29, 0.717) is 16.6 Å². The molecule has 0 amide bonds. The van der Waals surface area contributed by atoms with Crippen molar-refractivity contribution >= 4 is 8.32 Å². The van der Waals surface area contributed by atoms with Crippen molar-refractivity contribution in [2.75, 3.05) is 19.8 Å². The number of piperidine rings is 1. The van der Waals surface area contributed by atoms with E-state index in [9.17, 15) is 0 Å². The Morgan fingerprint density at radius 1 is 0.833 bits per heavy atom. The second-order valence-electron chi connectivity index (χ2n) is 6.77. The molecule has 1 fully saturated rings. The third kappa shape index (κ3) is 3.58. The molecule has 1 saturated heterocycles. The molecule has 0 aromatic heterocycles. The summed E-state index contributed by atoms with van der Waals surface area (Å²) in [6.07, 6.45) is 4.10. The Morgan fingerprint density at radius 3 is 1.67 bits per heavy atom. The minimum atomic E-state index is -1.65. The molecular weight excluding hydrogens is 238 g/mol. The summed E-state index contributed by atoms with van der Waals surface area (Å²) < 4.78 is 6.62. The quantitative estimate of drug-likeness (QED) is 0.654. The van der Waals surface area contributed by atoms with E-state index in [4.69, 9.17) is 4.43 Å². The average Bonchev–Trinajstić information content (AvgIpc) is 2.29. The van der Waals surface area contributed by atoms with Gasteiger partial charge in [0.1, 0.15) is 0 Å².